The predicted octanol–water partition coefficient (Wildman–Crippen LogP) is 4.12. The lowest BCUT2D eigenvalue weighted by Gasteiger charge is -2.10. The van der Waals surface area contributed by atoms with Crippen molar-refractivity contribution in [2.45, 2.75) is 0 Å². The van der Waals surface area contributed by atoms with Crippen LogP contribution >= 0.6 is 11.6 Å². The van der Waals surface area contributed by atoms with Crippen molar-refractivity contribution in [3.05, 3.63) is 53.8 Å². The average molecular weight is 315 g/mol. The van der Waals surface area contributed by atoms with E-state index in [2.05, 4.69) is 20.6 Å². The molecule has 110 valence electrons. The van der Waals surface area contributed by atoms with E-state index < -0.39 is 6.09 Å². The molecule has 3 rings (SSSR count). The molecule has 0 saturated carbocycles. The van der Waals surface area contributed by atoms with Gasteiger partial charge in [0.25, 0.3) is 0 Å². The van der Waals surface area contributed by atoms with E-state index in [1.165, 1.54) is 6.20 Å². The molecular formula is C15H11ClN4O2. The maximum Gasteiger partial charge on any atom is 0.410 e. The van der Waals surface area contributed by atoms with Gasteiger partial charge in [-0.05, 0) is 18.2 Å². The predicted molar refractivity (Wildman–Crippen MR) is 85.9 cm³/mol. The molecule has 0 aliphatic heterocycles. The lowest BCUT2D eigenvalue weighted by Crippen LogP contribution is -2.08. The van der Waals surface area contributed by atoms with Crippen LogP contribution in [-0.4, -0.2) is 21.2 Å². The Morgan fingerprint density at radius 1 is 1.09 bits per heavy atom. The van der Waals surface area contributed by atoms with Crippen molar-refractivity contribution in [2.75, 3.05) is 10.6 Å². The number of carbonyl (C=O) groups is 1. The molecule has 1 aromatic carbocycles. The highest BCUT2D eigenvalue weighted by molar-refractivity contribution is 6.35. The third-order valence-corrected chi connectivity index (χ3v) is 3.34. The second-order valence-corrected chi connectivity index (χ2v) is 4.89. The Labute approximate surface area is 130 Å². The van der Waals surface area contributed by atoms with E-state index >= 15 is 0 Å². The van der Waals surface area contributed by atoms with Gasteiger partial charge in [-0.15, -0.1) is 0 Å². The van der Waals surface area contributed by atoms with Crippen molar-refractivity contribution < 1.29 is 9.90 Å². The number of nitrogens with one attached hydrogen (secondary N) is 2. The molecule has 1 amide bonds. The molecule has 0 aliphatic rings. The van der Waals surface area contributed by atoms with Gasteiger partial charge < -0.3 is 10.4 Å². The number of carboxylic acid groups (broad SMARTS) is 1. The molecular weight excluding hydrogens is 304 g/mol. The van der Waals surface area contributed by atoms with Gasteiger partial charge in [-0.25, -0.2) is 14.8 Å². The van der Waals surface area contributed by atoms with E-state index in [4.69, 9.17) is 16.7 Å². The smallest absolute Gasteiger partial charge is 0.410 e. The number of nitrogens with zero attached hydrogens (tertiary/aromatic N) is 2. The molecule has 2 aromatic heterocycles. The SMILES string of the molecule is O=C(O)Nc1cc(Nc2nccc3c(Cl)cccc23)ccn1. The van der Waals surface area contributed by atoms with E-state index in [1.807, 2.05) is 24.3 Å². The van der Waals surface area contributed by atoms with Gasteiger partial charge in [0.05, 0.1) is 0 Å². The summed E-state index contributed by atoms with van der Waals surface area (Å²) in [6, 6.07) is 10.7. The van der Waals surface area contributed by atoms with Gasteiger partial charge in [-0.1, -0.05) is 23.7 Å². The summed E-state index contributed by atoms with van der Waals surface area (Å²) in [6.07, 6.45) is 2.00. The van der Waals surface area contributed by atoms with Crippen molar-refractivity contribution >= 4 is 45.8 Å². The first-order valence-corrected chi connectivity index (χ1v) is 6.77. The van der Waals surface area contributed by atoms with Crippen molar-refractivity contribution in [3.8, 4) is 0 Å². The third kappa shape index (κ3) is 2.91. The summed E-state index contributed by atoms with van der Waals surface area (Å²) < 4.78 is 0. The fourth-order valence-electron chi connectivity index (χ4n) is 2.09. The number of anilines is 3. The Kier molecular flexibility index (Phi) is 3.76. The van der Waals surface area contributed by atoms with Crippen LogP contribution in [0.1, 0.15) is 0 Å². The highest BCUT2D eigenvalue weighted by Gasteiger charge is 2.06. The van der Waals surface area contributed by atoms with Crippen molar-refractivity contribution in [1.29, 1.82) is 0 Å². The highest BCUT2D eigenvalue weighted by Crippen LogP contribution is 2.29. The van der Waals surface area contributed by atoms with Crippen LogP contribution in [0.4, 0.5) is 22.1 Å². The van der Waals surface area contributed by atoms with Crippen LogP contribution in [0.3, 0.4) is 0 Å². The van der Waals surface area contributed by atoms with Crippen LogP contribution in [0.2, 0.25) is 5.02 Å². The minimum absolute atomic E-state index is 0.232. The maximum atomic E-state index is 10.7. The number of benzene rings is 1. The molecule has 22 heavy (non-hydrogen) atoms. The van der Waals surface area contributed by atoms with Crippen LogP contribution in [0, 0.1) is 0 Å². The van der Waals surface area contributed by atoms with Gasteiger partial charge in [-0.2, -0.15) is 0 Å². The zero-order valence-corrected chi connectivity index (χ0v) is 12.0. The number of fused-ring (bicyclic) bond motifs is 1. The normalized spacial score (nSPS) is 10.4. The summed E-state index contributed by atoms with van der Waals surface area (Å²) >= 11 is 6.17. The standard InChI is InChI=1S/C15H11ClN4O2/c16-12-3-1-2-11-10(12)5-7-18-14(11)19-9-4-6-17-13(8-9)20-15(21)22/h1-8H,(H,21,22)(H2,17,18,19,20). The molecule has 0 bridgehead atoms. The van der Waals surface area contributed by atoms with Gasteiger partial charge in [0.2, 0.25) is 0 Å². The topological polar surface area (TPSA) is 87.1 Å². The van der Waals surface area contributed by atoms with Crippen molar-refractivity contribution in [1.82, 2.24) is 9.97 Å². The zero-order chi connectivity index (χ0) is 15.5. The van der Waals surface area contributed by atoms with Gasteiger partial charge in [0.15, 0.2) is 0 Å². The van der Waals surface area contributed by atoms with Crippen LogP contribution < -0.4 is 10.6 Å². The highest BCUT2D eigenvalue weighted by atomic mass is 35.5. The Morgan fingerprint density at radius 2 is 1.91 bits per heavy atom. The summed E-state index contributed by atoms with van der Waals surface area (Å²) in [4.78, 5) is 18.9. The Hall–Kier alpha value is -2.86. The molecule has 0 radical (unpaired) electrons. The fourth-order valence-corrected chi connectivity index (χ4v) is 2.33. The number of hydrogen-bond donors (Lipinski definition) is 3. The second-order valence-electron chi connectivity index (χ2n) is 4.48. The molecule has 0 unspecified atom stereocenters. The summed E-state index contributed by atoms with van der Waals surface area (Å²) in [7, 11) is 0. The molecule has 0 spiro atoms. The van der Waals surface area contributed by atoms with Crippen LogP contribution in [0.15, 0.2) is 48.8 Å². The molecule has 0 aliphatic carbocycles. The Bertz CT molecular complexity index is 854. The second kappa shape index (κ2) is 5.87. The molecule has 2 heterocycles. The first-order valence-electron chi connectivity index (χ1n) is 6.40. The van der Waals surface area contributed by atoms with Gasteiger partial charge in [-0.3, -0.25) is 5.32 Å². The molecule has 0 fully saturated rings. The number of pyridine rings is 2. The van der Waals surface area contributed by atoms with Gasteiger partial charge in [0, 0.05) is 39.9 Å². The van der Waals surface area contributed by atoms with E-state index in [0.29, 0.717) is 16.5 Å². The molecule has 7 heteroatoms. The zero-order valence-electron chi connectivity index (χ0n) is 11.2. The molecule has 6 nitrogen and oxygen atoms in total. The van der Waals surface area contributed by atoms with Crippen LogP contribution in [0.25, 0.3) is 10.8 Å². The van der Waals surface area contributed by atoms with E-state index in [9.17, 15) is 4.79 Å². The van der Waals surface area contributed by atoms with Crippen molar-refractivity contribution in [2.24, 2.45) is 0 Å². The van der Waals surface area contributed by atoms with Crippen LogP contribution in [0.5, 0.6) is 0 Å². The number of aromatic nitrogens is 2. The van der Waals surface area contributed by atoms with Gasteiger partial charge in [0.1, 0.15) is 11.6 Å². The number of rotatable bonds is 3. The summed E-state index contributed by atoms with van der Waals surface area (Å²) in [5.74, 6) is 0.864. The molecule has 0 atom stereocenters. The van der Waals surface area contributed by atoms with Crippen LogP contribution in [-0.2, 0) is 0 Å². The largest absolute Gasteiger partial charge is 0.465 e. The average Bonchev–Trinajstić information content (AvgIpc) is 2.48. The number of amides is 1. The quantitative estimate of drug-likeness (QED) is 0.677. The van der Waals surface area contributed by atoms with E-state index in [-0.39, 0.29) is 5.82 Å². The summed E-state index contributed by atoms with van der Waals surface area (Å²) in [5.41, 5.74) is 0.665. The minimum atomic E-state index is -1.17. The molecule has 3 aromatic rings. The lowest BCUT2D eigenvalue weighted by atomic mass is 10.1. The summed E-state index contributed by atoms with van der Waals surface area (Å²) in [6.45, 7) is 0. The monoisotopic (exact) mass is 314 g/mol. The summed E-state index contributed by atoms with van der Waals surface area (Å²) in [5, 5.41) is 16.5. The fraction of sp³-hybridized carbons (Fsp3) is 0. The number of halogens is 1. The maximum absolute atomic E-state index is 10.7. The minimum Gasteiger partial charge on any atom is -0.465 e. The van der Waals surface area contributed by atoms with Crippen molar-refractivity contribution in [3.63, 3.8) is 0 Å². The third-order valence-electron chi connectivity index (χ3n) is 3.01. The Morgan fingerprint density at radius 3 is 2.73 bits per heavy atom. The first kappa shape index (κ1) is 14.1. The first-order chi connectivity index (χ1) is 10.6. The molecule has 0 saturated heterocycles. The molecule has 3 N–H and O–H groups in total. The number of hydrogen-bond acceptors (Lipinski definition) is 4. The Balaban J connectivity index is 1.97. The van der Waals surface area contributed by atoms with E-state index in [1.54, 1.807) is 18.3 Å². The van der Waals surface area contributed by atoms with E-state index in [0.717, 1.165) is 10.8 Å². The van der Waals surface area contributed by atoms with Gasteiger partial charge >= 0.3 is 6.09 Å². The lowest BCUT2D eigenvalue weighted by molar-refractivity contribution is 0.209.